The molecule has 1 amide bonds. The van der Waals surface area contributed by atoms with Crippen LogP contribution < -0.4 is 10.6 Å². The van der Waals surface area contributed by atoms with Crippen LogP contribution >= 0.6 is 0 Å². The van der Waals surface area contributed by atoms with E-state index in [0.717, 1.165) is 19.7 Å². The van der Waals surface area contributed by atoms with Gasteiger partial charge in [0.15, 0.2) is 0 Å². The van der Waals surface area contributed by atoms with Crippen LogP contribution in [0.4, 0.5) is 0 Å². The predicted octanol–water partition coefficient (Wildman–Crippen LogP) is 1.02. The molecule has 0 saturated carbocycles. The first-order chi connectivity index (χ1) is 7.57. The maximum Gasteiger partial charge on any atom is 0.224 e. The van der Waals surface area contributed by atoms with E-state index in [9.17, 15) is 4.79 Å². The number of nitrogens with one attached hydrogen (secondary N) is 2. The molecule has 1 atom stereocenters. The molecule has 4 heteroatoms. The first kappa shape index (κ1) is 15.4. The molecule has 96 valence electrons. The predicted molar refractivity (Wildman–Crippen MR) is 66.4 cm³/mol. The number of carbonyl (C=O) groups excluding carboxylic acids is 1. The second-order valence-corrected chi connectivity index (χ2v) is 4.47. The van der Waals surface area contributed by atoms with Crippen LogP contribution in [0.25, 0.3) is 0 Å². The molecule has 2 N–H and O–H groups in total. The van der Waals surface area contributed by atoms with Crippen molar-refractivity contribution < 1.29 is 9.53 Å². The van der Waals surface area contributed by atoms with Crippen molar-refractivity contribution in [1.82, 2.24) is 10.6 Å². The molecular formula is C12H26N2O2. The van der Waals surface area contributed by atoms with Crippen molar-refractivity contribution in [3.05, 3.63) is 0 Å². The van der Waals surface area contributed by atoms with Crippen LogP contribution in [0, 0.1) is 11.8 Å². The van der Waals surface area contributed by atoms with Gasteiger partial charge in [-0.15, -0.1) is 0 Å². The standard InChI is InChI=1S/C12H26N2O2/c1-5-13-8-11(4)12(15)14-6-7-16-9-10(2)3/h10-11,13H,5-9H2,1-4H3,(H,14,15). The summed E-state index contributed by atoms with van der Waals surface area (Å²) in [6, 6.07) is 0. The van der Waals surface area contributed by atoms with Crippen LogP contribution in [0.5, 0.6) is 0 Å². The molecular weight excluding hydrogens is 204 g/mol. The number of ether oxygens (including phenoxy) is 1. The van der Waals surface area contributed by atoms with Crippen LogP contribution in [-0.4, -0.2) is 38.8 Å². The van der Waals surface area contributed by atoms with E-state index in [4.69, 9.17) is 4.74 Å². The summed E-state index contributed by atoms with van der Waals surface area (Å²) in [5, 5.41) is 6.01. The van der Waals surface area contributed by atoms with Crippen molar-refractivity contribution >= 4 is 5.91 Å². The van der Waals surface area contributed by atoms with Gasteiger partial charge in [0, 0.05) is 25.6 Å². The molecule has 0 aliphatic heterocycles. The van der Waals surface area contributed by atoms with Gasteiger partial charge in [0.2, 0.25) is 5.91 Å². The van der Waals surface area contributed by atoms with Crippen molar-refractivity contribution in [2.24, 2.45) is 11.8 Å². The fourth-order valence-corrected chi connectivity index (χ4v) is 1.19. The van der Waals surface area contributed by atoms with Crippen LogP contribution in [0.15, 0.2) is 0 Å². The van der Waals surface area contributed by atoms with Crippen molar-refractivity contribution in [3.63, 3.8) is 0 Å². The summed E-state index contributed by atoms with van der Waals surface area (Å²) in [5.74, 6) is 0.655. The van der Waals surface area contributed by atoms with Gasteiger partial charge in [0.05, 0.1) is 6.61 Å². The van der Waals surface area contributed by atoms with E-state index >= 15 is 0 Å². The van der Waals surface area contributed by atoms with Gasteiger partial charge in [-0.25, -0.2) is 0 Å². The Bertz CT molecular complexity index is 184. The zero-order valence-corrected chi connectivity index (χ0v) is 11.0. The van der Waals surface area contributed by atoms with E-state index in [2.05, 4.69) is 24.5 Å². The third-order valence-corrected chi connectivity index (χ3v) is 2.14. The lowest BCUT2D eigenvalue weighted by Gasteiger charge is -2.12. The number of hydrogen-bond acceptors (Lipinski definition) is 3. The molecule has 4 nitrogen and oxygen atoms in total. The quantitative estimate of drug-likeness (QED) is 0.581. The van der Waals surface area contributed by atoms with Crippen LogP contribution in [-0.2, 0) is 9.53 Å². The highest BCUT2D eigenvalue weighted by Crippen LogP contribution is 1.93. The average molecular weight is 230 g/mol. The third-order valence-electron chi connectivity index (χ3n) is 2.14. The zero-order chi connectivity index (χ0) is 12.4. The van der Waals surface area contributed by atoms with Gasteiger partial charge in [-0.1, -0.05) is 27.7 Å². The Hall–Kier alpha value is -0.610. The van der Waals surface area contributed by atoms with Crippen molar-refractivity contribution in [2.75, 3.05) is 32.8 Å². The Balaban J connectivity index is 3.42. The highest BCUT2D eigenvalue weighted by molar-refractivity contribution is 5.78. The van der Waals surface area contributed by atoms with E-state index in [1.165, 1.54) is 0 Å². The molecule has 0 aromatic heterocycles. The molecule has 0 rings (SSSR count). The first-order valence-electron chi connectivity index (χ1n) is 6.14. The molecule has 0 bridgehead atoms. The lowest BCUT2D eigenvalue weighted by molar-refractivity contribution is -0.124. The normalized spacial score (nSPS) is 12.8. The smallest absolute Gasteiger partial charge is 0.224 e. The van der Waals surface area contributed by atoms with Gasteiger partial charge in [-0.3, -0.25) is 4.79 Å². The van der Waals surface area contributed by atoms with Gasteiger partial charge in [-0.05, 0) is 12.5 Å². The minimum atomic E-state index is 0.0186. The van der Waals surface area contributed by atoms with Gasteiger partial charge in [0.1, 0.15) is 0 Å². The lowest BCUT2D eigenvalue weighted by atomic mass is 10.1. The minimum Gasteiger partial charge on any atom is -0.379 e. The van der Waals surface area contributed by atoms with Gasteiger partial charge >= 0.3 is 0 Å². The maximum absolute atomic E-state index is 11.5. The van der Waals surface area contributed by atoms with Crippen LogP contribution in [0.1, 0.15) is 27.7 Å². The third kappa shape index (κ3) is 8.68. The van der Waals surface area contributed by atoms with Crippen molar-refractivity contribution in [1.29, 1.82) is 0 Å². The Kier molecular flexibility index (Phi) is 9.24. The maximum atomic E-state index is 11.5. The molecule has 0 aliphatic carbocycles. The summed E-state index contributed by atoms with van der Waals surface area (Å²) in [4.78, 5) is 11.5. The minimum absolute atomic E-state index is 0.0186. The van der Waals surface area contributed by atoms with Gasteiger partial charge in [-0.2, -0.15) is 0 Å². The SMILES string of the molecule is CCNCC(C)C(=O)NCCOCC(C)C. The molecule has 0 fully saturated rings. The average Bonchev–Trinajstić information content (AvgIpc) is 2.24. The zero-order valence-electron chi connectivity index (χ0n) is 11.0. The van der Waals surface area contributed by atoms with E-state index in [1.807, 2.05) is 13.8 Å². The van der Waals surface area contributed by atoms with E-state index in [-0.39, 0.29) is 11.8 Å². The summed E-state index contributed by atoms with van der Waals surface area (Å²) in [6.45, 7) is 11.7. The molecule has 0 saturated heterocycles. The van der Waals surface area contributed by atoms with Crippen molar-refractivity contribution in [2.45, 2.75) is 27.7 Å². The molecule has 0 spiro atoms. The summed E-state index contributed by atoms with van der Waals surface area (Å²) in [6.07, 6.45) is 0. The van der Waals surface area contributed by atoms with Crippen LogP contribution in [0.2, 0.25) is 0 Å². The number of carbonyl (C=O) groups is 1. The lowest BCUT2D eigenvalue weighted by Crippen LogP contribution is -2.36. The Labute approximate surface area is 99.1 Å². The van der Waals surface area contributed by atoms with Crippen LogP contribution in [0.3, 0.4) is 0 Å². The Morgan fingerprint density at radius 3 is 2.56 bits per heavy atom. The van der Waals surface area contributed by atoms with Crippen molar-refractivity contribution in [3.8, 4) is 0 Å². The monoisotopic (exact) mass is 230 g/mol. The topological polar surface area (TPSA) is 50.4 Å². The molecule has 0 aromatic rings. The van der Waals surface area contributed by atoms with E-state index in [1.54, 1.807) is 0 Å². The molecule has 0 aliphatic rings. The molecule has 0 radical (unpaired) electrons. The Morgan fingerprint density at radius 1 is 1.31 bits per heavy atom. The first-order valence-corrected chi connectivity index (χ1v) is 6.14. The second kappa shape index (κ2) is 9.60. The fourth-order valence-electron chi connectivity index (χ4n) is 1.19. The fraction of sp³-hybridized carbons (Fsp3) is 0.917. The largest absolute Gasteiger partial charge is 0.379 e. The van der Waals surface area contributed by atoms with Gasteiger partial charge < -0.3 is 15.4 Å². The molecule has 0 aromatic carbocycles. The number of hydrogen-bond donors (Lipinski definition) is 2. The summed E-state index contributed by atoms with van der Waals surface area (Å²) >= 11 is 0. The highest BCUT2D eigenvalue weighted by Gasteiger charge is 2.10. The van der Waals surface area contributed by atoms with E-state index < -0.39 is 0 Å². The number of rotatable bonds is 9. The summed E-state index contributed by atoms with van der Waals surface area (Å²) in [7, 11) is 0. The molecule has 0 heterocycles. The highest BCUT2D eigenvalue weighted by atomic mass is 16.5. The second-order valence-electron chi connectivity index (χ2n) is 4.47. The summed E-state index contributed by atoms with van der Waals surface area (Å²) in [5.41, 5.74) is 0. The van der Waals surface area contributed by atoms with E-state index in [0.29, 0.717) is 19.1 Å². The summed E-state index contributed by atoms with van der Waals surface area (Å²) < 4.78 is 5.38. The molecule has 16 heavy (non-hydrogen) atoms. The molecule has 1 unspecified atom stereocenters. The van der Waals surface area contributed by atoms with Gasteiger partial charge in [0.25, 0.3) is 0 Å². The number of amides is 1. The Morgan fingerprint density at radius 2 is 2.00 bits per heavy atom.